The maximum Gasteiger partial charge on any atom is 0.124 e. The van der Waals surface area contributed by atoms with Crippen LogP contribution in [0.4, 0.5) is 0 Å². The fourth-order valence-electron chi connectivity index (χ4n) is 2.37. The largest absolute Gasteiger partial charge is 0.494 e. The van der Waals surface area contributed by atoms with E-state index in [4.69, 9.17) is 15.2 Å². The van der Waals surface area contributed by atoms with Gasteiger partial charge < -0.3 is 15.2 Å². The highest BCUT2D eigenvalue weighted by Gasteiger charge is 2.12. The molecule has 0 heterocycles. The number of rotatable bonds is 7. The van der Waals surface area contributed by atoms with Crippen molar-refractivity contribution in [2.45, 2.75) is 26.3 Å². The van der Waals surface area contributed by atoms with Crippen molar-refractivity contribution in [3.05, 3.63) is 59.7 Å². The van der Waals surface area contributed by atoms with E-state index >= 15 is 0 Å². The highest BCUT2D eigenvalue weighted by atomic mass is 16.5. The molecule has 0 bridgehead atoms. The van der Waals surface area contributed by atoms with E-state index in [0.717, 1.165) is 23.5 Å². The standard InChI is InChI=1S/C18H23NO2/c1-3-20-15-9-7-8-14(12-15)13-17(19)16-10-5-6-11-18(16)21-4-2/h5-12,17H,3-4,13,19H2,1-2H3. The smallest absolute Gasteiger partial charge is 0.124 e. The van der Waals surface area contributed by atoms with E-state index in [0.29, 0.717) is 13.2 Å². The molecule has 0 amide bonds. The number of para-hydroxylation sites is 1. The lowest BCUT2D eigenvalue weighted by Gasteiger charge is -2.17. The Morgan fingerprint density at radius 3 is 2.48 bits per heavy atom. The van der Waals surface area contributed by atoms with Crippen LogP contribution in [0.1, 0.15) is 31.0 Å². The van der Waals surface area contributed by atoms with Crippen LogP contribution in [0.3, 0.4) is 0 Å². The monoisotopic (exact) mass is 285 g/mol. The quantitative estimate of drug-likeness (QED) is 0.843. The first kappa shape index (κ1) is 15.4. The second-order valence-corrected chi connectivity index (χ2v) is 4.86. The lowest BCUT2D eigenvalue weighted by atomic mass is 9.99. The van der Waals surface area contributed by atoms with Crippen LogP contribution in [0, 0.1) is 0 Å². The van der Waals surface area contributed by atoms with E-state index in [1.807, 2.05) is 56.3 Å². The van der Waals surface area contributed by atoms with Gasteiger partial charge in [0.05, 0.1) is 13.2 Å². The minimum Gasteiger partial charge on any atom is -0.494 e. The molecule has 0 aliphatic rings. The molecule has 0 aromatic heterocycles. The van der Waals surface area contributed by atoms with Crippen molar-refractivity contribution in [1.82, 2.24) is 0 Å². The van der Waals surface area contributed by atoms with Crippen LogP contribution >= 0.6 is 0 Å². The zero-order chi connectivity index (χ0) is 15.1. The summed E-state index contributed by atoms with van der Waals surface area (Å²) in [5.74, 6) is 1.76. The normalized spacial score (nSPS) is 12.0. The predicted octanol–water partition coefficient (Wildman–Crippen LogP) is 3.73. The van der Waals surface area contributed by atoms with E-state index < -0.39 is 0 Å². The average Bonchev–Trinajstić information content (AvgIpc) is 2.49. The highest BCUT2D eigenvalue weighted by molar-refractivity contribution is 5.37. The summed E-state index contributed by atoms with van der Waals surface area (Å²) in [5, 5.41) is 0. The molecule has 0 saturated heterocycles. The average molecular weight is 285 g/mol. The molecule has 1 atom stereocenters. The van der Waals surface area contributed by atoms with Crippen molar-refractivity contribution in [1.29, 1.82) is 0 Å². The Kier molecular flexibility index (Phi) is 5.64. The van der Waals surface area contributed by atoms with Gasteiger partial charge in [0, 0.05) is 11.6 Å². The Hall–Kier alpha value is -2.00. The summed E-state index contributed by atoms with van der Waals surface area (Å²) in [5.41, 5.74) is 8.57. The third-order valence-electron chi connectivity index (χ3n) is 3.28. The van der Waals surface area contributed by atoms with Crippen LogP contribution in [0.15, 0.2) is 48.5 Å². The minimum absolute atomic E-state index is 0.0929. The van der Waals surface area contributed by atoms with Gasteiger partial charge in [-0.1, -0.05) is 30.3 Å². The summed E-state index contributed by atoms with van der Waals surface area (Å²) in [6.07, 6.45) is 0.755. The highest BCUT2D eigenvalue weighted by Crippen LogP contribution is 2.27. The van der Waals surface area contributed by atoms with Gasteiger partial charge in [0.2, 0.25) is 0 Å². The molecule has 3 heteroatoms. The fourth-order valence-corrected chi connectivity index (χ4v) is 2.37. The van der Waals surface area contributed by atoms with Gasteiger partial charge >= 0.3 is 0 Å². The van der Waals surface area contributed by atoms with Crippen LogP contribution in [-0.4, -0.2) is 13.2 Å². The second-order valence-electron chi connectivity index (χ2n) is 4.86. The summed E-state index contributed by atoms with van der Waals surface area (Å²) in [6.45, 7) is 5.27. The Morgan fingerprint density at radius 2 is 1.71 bits per heavy atom. The molecule has 21 heavy (non-hydrogen) atoms. The van der Waals surface area contributed by atoms with Gasteiger partial charge in [0.15, 0.2) is 0 Å². The lowest BCUT2D eigenvalue weighted by molar-refractivity contribution is 0.334. The second kappa shape index (κ2) is 7.70. The summed E-state index contributed by atoms with van der Waals surface area (Å²) < 4.78 is 11.2. The Labute approximate surface area is 126 Å². The molecule has 0 fully saturated rings. The van der Waals surface area contributed by atoms with E-state index in [1.165, 1.54) is 5.56 Å². The molecule has 2 N–H and O–H groups in total. The molecule has 1 unspecified atom stereocenters. The van der Waals surface area contributed by atoms with Gasteiger partial charge in [0.25, 0.3) is 0 Å². The molecule has 3 nitrogen and oxygen atoms in total. The molecule has 2 rings (SSSR count). The molecule has 112 valence electrons. The topological polar surface area (TPSA) is 44.5 Å². The van der Waals surface area contributed by atoms with E-state index in [1.54, 1.807) is 0 Å². The van der Waals surface area contributed by atoms with Crippen LogP contribution in [0.5, 0.6) is 11.5 Å². The zero-order valence-electron chi connectivity index (χ0n) is 12.7. The number of benzene rings is 2. The number of ether oxygens (including phenoxy) is 2. The van der Waals surface area contributed by atoms with Gasteiger partial charge in [-0.05, 0) is 44.0 Å². The van der Waals surface area contributed by atoms with Crippen LogP contribution in [0.25, 0.3) is 0 Å². The Morgan fingerprint density at radius 1 is 0.952 bits per heavy atom. The maximum atomic E-state index is 6.36. The molecule has 0 saturated carbocycles. The molecule has 0 radical (unpaired) electrons. The zero-order valence-corrected chi connectivity index (χ0v) is 12.7. The first-order valence-electron chi connectivity index (χ1n) is 7.43. The van der Waals surface area contributed by atoms with Crippen LogP contribution in [0.2, 0.25) is 0 Å². The summed E-state index contributed by atoms with van der Waals surface area (Å²) in [7, 11) is 0. The van der Waals surface area contributed by atoms with Gasteiger partial charge in [-0.15, -0.1) is 0 Å². The first-order valence-corrected chi connectivity index (χ1v) is 7.43. The molecule has 0 aliphatic carbocycles. The summed E-state index contributed by atoms with van der Waals surface area (Å²) in [4.78, 5) is 0. The number of hydrogen-bond acceptors (Lipinski definition) is 3. The number of hydrogen-bond donors (Lipinski definition) is 1. The van der Waals surface area contributed by atoms with Gasteiger partial charge in [-0.2, -0.15) is 0 Å². The van der Waals surface area contributed by atoms with Crippen molar-refractivity contribution in [2.24, 2.45) is 5.73 Å². The van der Waals surface area contributed by atoms with Crippen molar-refractivity contribution in [3.8, 4) is 11.5 Å². The fraction of sp³-hybridized carbons (Fsp3) is 0.333. The van der Waals surface area contributed by atoms with Crippen LogP contribution < -0.4 is 15.2 Å². The third kappa shape index (κ3) is 4.23. The Balaban J connectivity index is 2.14. The summed E-state index contributed by atoms with van der Waals surface area (Å²) >= 11 is 0. The van der Waals surface area contributed by atoms with Crippen molar-refractivity contribution in [3.63, 3.8) is 0 Å². The van der Waals surface area contributed by atoms with E-state index in [2.05, 4.69) is 6.07 Å². The number of nitrogens with two attached hydrogens (primary N) is 1. The third-order valence-corrected chi connectivity index (χ3v) is 3.28. The first-order chi connectivity index (χ1) is 10.2. The van der Waals surface area contributed by atoms with Gasteiger partial charge in [-0.3, -0.25) is 0 Å². The minimum atomic E-state index is -0.0929. The maximum absolute atomic E-state index is 6.36. The summed E-state index contributed by atoms with van der Waals surface area (Å²) in [6, 6.07) is 16.0. The van der Waals surface area contributed by atoms with Crippen molar-refractivity contribution < 1.29 is 9.47 Å². The van der Waals surface area contributed by atoms with E-state index in [9.17, 15) is 0 Å². The van der Waals surface area contributed by atoms with Gasteiger partial charge in [0.1, 0.15) is 11.5 Å². The van der Waals surface area contributed by atoms with Gasteiger partial charge in [-0.25, -0.2) is 0 Å². The molecule has 0 aliphatic heterocycles. The van der Waals surface area contributed by atoms with Crippen molar-refractivity contribution in [2.75, 3.05) is 13.2 Å². The lowest BCUT2D eigenvalue weighted by Crippen LogP contribution is -2.15. The molecule has 2 aromatic rings. The van der Waals surface area contributed by atoms with Crippen LogP contribution in [-0.2, 0) is 6.42 Å². The molecular formula is C18H23NO2. The van der Waals surface area contributed by atoms with Crippen molar-refractivity contribution >= 4 is 0 Å². The predicted molar refractivity (Wildman–Crippen MR) is 85.9 cm³/mol. The molecule has 0 spiro atoms. The molecular weight excluding hydrogens is 262 g/mol. The Bertz CT molecular complexity index is 569. The molecule has 2 aromatic carbocycles. The SMILES string of the molecule is CCOc1cccc(CC(N)c2ccccc2OCC)c1. The van der Waals surface area contributed by atoms with E-state index in [-0.39, 0.29) is 6.04 Å².